The maximum absolute atomic E-state index is 12.1. The van der Waals surface area contributed by atoms with Gasteiger partial charge in [0.2, 0.25) is 0 Å². The summed E-state index contributed by atoms with van der Waals surface area (Å²) in [5, 5.41) is 2.88. The molecular formula is C19H20ClNO6. The molecule has 0 aliphatic carbocycles. The van der Waals surface area contributed by atoms with Crippen LogP contribution in [0.3, 0.4) is 0 Å². The second-order valence-corrected chi connectivity index (χ2v) is 5.71. The lowest BCUT2D eigenvalue weighted by molar-refractivity contribution is -0.118. The van der Waals surface area contributed by atoms with E-state index in [2.05, 4.69) is 5.32 Å². The highest BCUT2D eigenvalue weighted by Gasteiger charge is 2.14. The molecule has 2 aromatic rings. The second kappa shape index (κ2) is 9.68. The van der Waals surface area contributed by atoms with Crippen molar-refractivity contribution >= 4 is 29.2 Å². The fourth-order valence-electron chi connectivity index (χ4n) is 2.18. The highest BCUT2D eigenvalue weighted by atomic mass is 35.5. The topological polar surface area (TPSA) is 83.1 Å². The molecular weight excluding hydrogens is 374 g/mol. The molecule has 0 saturated carbocycles. The first-order valence-corrected chi connectivity index (χ1v) is 8.47. The van der Waals surface area contributed by atoms with Crippen LogP contribution >= 0.6 is 11.6 Å². The average molecular weight is 394 g/mol. The van der Waals surface area contributed by atoms with Crippen LogP contribution in [0.25, 0.3) is 0 Å². The van der Waals surface area contributed by atoms with Crippen LogP contribution in [0, 0.1) is 0 Å². The molecule has 7 nitrogen and oxygen atoms in total. The van der Waals surface area contributed by atoms with Crippen LogP contribution in [0.2, 0.25) is 5.02 Å². The molecule has 0 radical (unpaired) electrons. The SMILES string of the molecule is CCOC(=O)c1cc(NC(=O)COc2cc(OC)cc(OC)c2)ccc1Cl. The summed E-state index contributed by atoms with van der Waals surface area (Å²) in [6, 6.07) is 9.51. The maximum Gasteiger partial charge on any atom is 0.339 e. The minimum absolute atomic E-state index is 0.176. The minimum atomic E-state index is -0.557. The monoisotopic (exact) mass is 393 g/mol. The van der Waals surface area contributed by atoms with Crippen molar-refractivity contribution in [3.05, 3.63) is 47.0 Å². The first-order valence-electron chi connectivity index (χ1n) is 8.09. The lowest BCUT2D eigenvalue weighted by atomic mass is 10.2. The second-order valence-electron chi connectivity index (χ2n) is 5.30. The first-order chi connectivity index (χ1) is 13.0. The number of anilines is 1. The van der Waals surface area contributed by atoms with Gasteiger partial charge < -0.3 is 24.3 Å². The van der Waals surface area contributed by atoms with Gasteiger partial charge in [-0.05, 0) is 25.1 Å². The number of hydrogen-bond acceptors (Lipinski definition) is 6. The summed E-state index contributed by atoms with van der Waals surface area (Å²) in [5.41, 5.74) is 0.578. The van der Waals surface area contributed by atoms with E-state index < -0.39 is 11.9 Å². The van der Waals surface area contributed by atoms with Gasteiger partial charge in [0.25, 0.3) is 5.91 Å². The van der Waals surface area contributed by atoms with E-state index in [9.17, 15) is 9.59 Å². The Hall–Kier alpha value is -2.93. The molecule has 0 heterocycles. The number of nitrogens with one attached hydrogen (secondary N) is 1. The van der Waals surface area contributed by atoms with Gasteiger partial charge in [0, 0.05) is 23.9 Å². The van der Waals surface area contributed by atoms with Gasteiger partial charge in [-0.25, -0.2) is 4.79 Å². The van der Waals surface area contributed by atoms with Gasteiger partial charge >= 0.3 is 5.97 Å². The molecule has 0 fully saturated rings. The van der Waals surface area contributed by atoms with Crippen LogP contribution < -0.4 is 19.5 Å². The Bertz CT molecular complexity index is 802. The molecule has 1 N–H and O–H groups in total. The van der Waals surface area contributed by atoms with Crippen molar-refractivity contribution in [1.29, 1.82) is 0 Å². The van der Waals surface area contributed by atoms with Crippen LogP contribution in [0.15, 0.2) is 36.4 Å². The highest BCUT2D eigenvalue weighted by molar-refractivity contribution is 6.33. The molecule has 0 unspecified atom stereocenters. The lowest BCUT2D eigenvalue weighted by Crippen LogP contribution is -2.20. The van der Waals surface area contributed by atoms with Crippen molar-refractivity contribution in [3.63, 3.8) is 0 Å². The summed E-state index contributed by atoms with van der Waals surface area (Å²) in [4.78, 5) is 24.0. The molecule has 0 bridgehead atoms. The molecule has 0 aliphatic heterocycles. The van der Waals surface area contributed by atoms with E-state index in [0.29, 0.717) is 22.9 Å². The molecule has 0 spiro atoms. The summed E-state index contributed by atoms with van der Waals surface area (Å²) in [6.07, 6.45) is 0. The summed E-state index contributed by atoms with van der Waals surface area (Å²) >= 11 is 6.00. The standard InChI is InChI=1S/C19H20ClNO6/c1-4-26-19(23)16-7-12(5-6-17(16)20)21-18(22)11-27-15-9-13(24-2)8-14(10-15)25-3/h5-10H,4,11H2,1-3H3,(H,21,22). The van der Waals surface area contributed by atoms with Gasteiger partial charge in [-0.15, -0.1) is 0 Å². The van der Waals surface area contributed by atoms with Gasteiger partial charge in [0.1, 0.15) is 17.2 Å². The Morgan fingerprint density at radius 3 is 2.22 bits per heavy atom. The van der Waals surface area contributed by atoms with Gasteiger partial charge in [-0.2, -0.15) is 0 Å². The van der Waals surface area contributed by atoms with E-state index in [4.69, 9.17) is 30.5 Å². The minimum Gasteiger partial charge on any atom is -0.496 e. The number of halogens is 1. The van der Waals surface area contributed by atoms with E-state index in [-0.39, 0.29) is 23.8 Å². The zero-order chi connectivity index (χ0) is 19.8. The molecule has 0 aliphatic rings. The van der Waals surface area contributed by atoms with Crippen molar-refractivity contribution in [2.24, 2.45) is 0 Å². The number of rotatable bonds is 8. The molecule has 2 rings (SSSR count). The van der Waals surface area contributed by atoms with E-state index in [0.717, 1.165) is 0 Å². The van der Waals surface area contributed by atoms with Gasteiger partial charge in [-0.1, -0.05) is 11.6 Å². The van der Waals surface area contributed by atoms with E-state index in [1.54, 1.807) is 31.2 Å². The molecule has 0 saturated heterocycles. The molecule has 27 heavy (non-hydrogen) atoms. The summed E-state index contributed by atoms with van der Waals surface area (Å²) in [6.45, 7) is 1.68. The van der Waals surface area contributed by atoms with Crippen LogP contribution in [0.5, 0.6) is 17.2 Å². The van der Waals surface area contributed by atoms with Crippen molar-refractivity contribution in [2.75, 3.05) is 32.8 Å². The zero-order valence-electron chi connectivity index (χ0n) is 15.2. The number of carbonyl (C=O) groups excluding carboxylic acids is 2. The van der Waals surface area contributed by atoms with E-state index >= 15 is 0 Å². The predicted molar refractivity (Wildman–Crippen MR) is 101 cm³/mol. The fourth-order valence-corrected chi connectivity index (χ4v) is 2.37. The highest BCUT2D eigenvalue weighted by Crippen LogP contribution is 2.27. The van der Waals surface area contributed by atoms with Crippen LogP contribution in [0.1, 0.15) is 17.3 Å². The number of benzene rings is 2. The fraction of sp³-hybridized carbons (Fsp3) is 0.263. The largest absolute Gasteiger partial charge is 0.496 e. The predicted octanol–water partition coefficient (Wildman–Crippen LogP) is 3.55. The molecule has 2 aromatic carbocycles. The van der Waals surface area contributed by atoms with Crippen molar-refractivity contribution in [3.8, 4) is 17.2 Å². The van der Waals surface area contributed by atoms with Crippen LogP contribution in [-0.4, -0.2) is 39.3 Å². The van der Waals surface area contributed by atoms with Gasteiger partial charge in [-0.3, -0.25) is 4.79 Å². The Balaban J connectivity index is 2.02. The van der Waals surface area contributed by atoms with Crippen molar-refractivity contribution in [2.45, 2.75) is 6.92 Å². The molecule has 1 amide bonds. The van der Waals surface area contributed by atoms with Gasteiger partial charge in [0.05, 0.1) is 31.4 Å². The zero-order valence-corrected chi connectivity index (χ0v) is 16.0. The first kappa shape index (κ1) is 20.4. The lowest BCUT2D eigenvalue weighted by Gasteiger charge is -2.11. The van der Waals surface area contributed by atoms with Crippen LogP contribution in [0.4, 0.5) is 5.69 Å². The summed E-state index contributed by atoms with van der Waals surface area (Å²) in [5.74, 6) is 0.542. The third-order valence-corrected chi connectivity index (χ3v) is 3.77. The molecule has 0 aromatic heterocycles. The average Bonchev–Trinajstić information content (AvgIpc) is 2.67. The molecule has 0 atom stereocenters. The third kappa shape index (κ3) is 5.79. The number of methoxy groups -OCH3 is 2. The Morgan fingerprint density at radius 1 is 1.00 bits per heavy atom. The van der Waals surface area contributed by atoms with Crippen LogP contribution in [-0.2, 0) is 9.53 Å². The smallest absolute Gasteiger partial charge is 0.339 e. The molecule has 144 valence electrons. The number of ether oxygens (including phenoxy) is 4. The van der Waals surface area contributed by atoms with E-state index in [1.807, 2.05) is 0 Å². The van der Waals surface area contributed by atoms with E-state index in [1.165, 1.54) is 26.4 Å². The summed E-state index contributed by atoms with van der Waals surface area (Å²) < 4.78 is 20.7. The maximum atomic E-state index is 12.1. The number of hydrogen-bond donors (Lipinski definition) is 1. The number of carbonyl (C=O) groups is 2. The summed E-state index contributed by atoms with van der Waals surface area (Å²) in [7, 11) is 3.04. The molecule has 8 heteroatoms. The van der Waals surface area contributed by atoms with Gasteiger partial charge in [0.15, 0.2) is 6.61 Å². The normalized spacial score (nSPS) is 10.1. The number of esters is 1. The van der Waals surface area contributed by atoms with Crippen molar-refractivity contribution in [1.82, 2.24) is 0 Å². The Kier molecular flexibility index (Phi) is 7.31. The van der Waals surface area contributed by atoms with Crippen molar-refractivity contribution < 1.29 is 28.5 Å². The Morgan fingerprint density at radius 2 is 1.63 bits per heavy atom. The number of amides is 1. The third-order valence-electron chi connectivity index (χ3n) is 3.44. The Labute approximate surface area is 162 Å². The quantitative estimate of drug-likeness (QED) is 0.690.